The predicted molar refractivity (Wildman–Crippen MR) is 64.3 cm³/mol. The third-order valence-electron chi connectivity index (χ3n) is 2.62. The Balaban J connectivity index is 2.69. The normalized spacial score (nSPS) is 12.9. The monoisotopic (exact) mass is 234 g/mol. The number of hydrogen-bond acceptors (Lipinski definition) is 4. The summed E-state index contributed by atoms with van der Waals surface area (Å²) in [5, 5.41) is 19.8. The van der Waals surface area contributed by atoms with Crippen LogP contribution < -0.4 is 5.63 Å². The van der Waals surface area contributed by atoms with E-state index in [0.29, 0.717) is 17.6 Å². The van der Waals surface area contributed by atoms with Crippen molar-refractivity contribution < 1.29 is 14.6 Å². The fraction of sp³-hybridized carbons (Fsp3) is 0.308. The van der Waals surface area contributed by atoms with E-state index in [-0.39, 0.29) is 5.75 Å². The van der Waals surface area contributed by atoms with Crippen molar-refractivity contribution in [3.8, 4) is 5.75 Å². The fourth-order valence-electron chi connectivity index (χ4n) is 1.90. The number of rotatable bonds is 2. The number of fused-ring (bicyclic) bond motifs is 1. The van der Waals surface area contributed by atoms with E-state index >= 15 is 0 Å². The molecule has 1 atom stereocenters. The van der Waals surface area contributed by atoms with Crippen molar-refractivity contribution in [2.45, 2.75) is 26.4 Å². The van der Waals surface area contributed by atoms with E-state index in [1.54, 1.807) is 19.1 Å². The molecule has 0 aliphatic rings. The molecule has 0 saturated carbocycles. The highest BCUT2D eigenvalue weighted by Gasteiger charge is 2.09. The van der Waals surface area contributed by atoms with Crippen LogP contribution in [-0.2, 0) is 6.42 Å². The zero-order chi connectivity index (χ0) is 12.6. The smallest absolute Gasteiger partial charge is 0.343 e. The van der Waals surface area contributed by atoms with Crippen molar-refractivity contribution in [2.24, 2.45) is 0 Å². The van der Waals surface area contributed by atoms with Gasteiger partial charge in [0.2, 0.25) is 0 Å². The molecule has 0 fully saturated rings. The average Bonchev–Trinajstić information content (AvgIpc) is 2.19. The number of phenolic OH excluding ortho intramolecular Hbond substituents is 1. The first-order valence-corrected chi connectivity index (χ1v) is 5.42. The highest BCUT2D eigenvalue weighted by atomic mass is 16.4. The Labute approximate surface area is 98.1 Å². The first-order chi connectivity index (χ1) is 7.97. The molecule has 17 heavy (non-hydrogen) atoms. The Morgan fingerprint density at radius 2 is 2.00 bits per heavy atom. The van der Waals surface area contributed by atoms with Crippen LogP contribution in [0.15, 0.2) is 27.4 Å². The van der Waals surface area contributed by atoms with Crippen molar-refractivity contribution in [3.63, 3.8) is 0 Å². The van der Waals surface area contributed by atoms with Gasteiger partial charge >= 0.3 is 5.63 Å². The van der Waals surface area contributed by atoms with Crippen LogP contribution in [-0.4, -0.2) is 16.3 Å². The SMILES string of the molecule is Cc1cc(O)cc2c(=O)oc(C[C@H](C)O)cc12. The summed E-state index contributed by atoms with van der Waals surface area (Å²) in [5.41, 5.74) is 0.317. The van der Waals surface area contributed by atoms with Gasteiger partial charge in [0.25, 0.3) is 0 Å². The zero-order valence-corrected chi connectivity index (χ0v) is 9.73. The van der Waals surface area contributed by atoms with Crippen LogP contribution in [0.3, 0.4) is 0 Å². The number of aliphatic hydroxyl groups is 1. The molecule has 0 bridgehead atoms. The van der Waals surface area contributed by atoms with E-state index < -0.39 is 11.7 Å². The molecular formula is C13H14O4. The van der Waals surface area contributed by atoms with E-state index in [9.17, 15) is 15.0 Å². The minimum Gasteiger partial charge on any atom is -0.508 e. The van der Waals surface area contributed by atoms with Gasteiger partial charge in [0.15, 0.2) is 0 Å². The van der Waals surface area contributed by atoms with Gasteiger partial charge in [-0.25, -0.2) is 4.79 Å². The summed E-state index contributed by atoms with van der Waals surface area (Å²) >= 11 is 0. The lowest BCUT2D eigenvalue weighted by molar-refractivity contribution is 0.186. The number of benzene rings is 1. The average molecular weight is 234 g/mol. The van der Waals surface area contributed by atoms with Crippen molar-refractivity contribution >= 4 is 10.8 Å². The molecule has 0 aliphatic carbocycles. The van der Waals surface area contributed by atoms with Crippen molar-refractivity contribution in [1.29, 1.82) is 0 Å². The standard InChI is InChI=1S/C13H14O4/c1-7-3-9(15)5-12-11(7)6-10(4-8(2)14)17-13(12)16/h3,5-6,8,14-15H,4H2,1-2H3/t8-/m0/s1. The second-order valence-corrected chi connectivity index (χ2v) is 4.28. The maximum Gasteiger partial charge on any atom is 0.343 e. The lowest BCUT2D eigenvalue weighted by Gasteiger charge is -2.06. The summed E-state index contributed by atoms with van der Waals surface area (Å²) in [6.45, 7) is 3.45. The van der Waals surface area contributed by atoms with Crippen LogP contribution in [0.2, 0.25) is 0 Å². The maximum atomic E-state index is 11.7. The molecule has 4 nitrogen and oxygen atoms in total. The Hall–Kier alpha value is -1.81. The lowest BCUT2D eigenvalue weighted by atomic mass is 10.1. The molecular weight excluding hydrogens is 220 g/mol. The van der Waals surface area contributed by atoms with Gasteiger partial charge in [-0.2, -0.15) is 0 Å². The van der Waals surface area contributed by atoms with Crippen LogP contribution in [0, 0.1) is 6.92 Å². The number of hydrogen-bond donors (Lipinski definition) is 2. The Bertz CT molecular complexity index is 611. The van der Waals surface area contributed by atoms with Gasteiger partial charge in [-0.15, -0.1) is 0 Å². The lowest BCUT2D eigenvalue weighted by Crippen LogP contribution is -2.09. The largest absolute Gasteiger partial charge is 0.508 e. The Morgan fingerprint density at radius 3 is 2.65 bits per heavy atom. The summed E-state index contributed by atoms with van der Waals surface area (Å²) < 4.78 is 5.08. The summed E-state index contributed by atoms with van der Waals surface area (Å²) in [7, 11) is 0. The molecule has 2 aromatic rings. The summed E-state index contributed by atoms with van der Waals surface area (Å²) in [6, 6.07) is 4.71. The predicted octanol–water partition coefficient (Wildman–Crippen LogP) is 1.73. The first kappa shape index (κ1) is 11.7. The summed E-state index contributed by atoms with van der Waals surface area (Å²) in [6.07, 6.45) is -0.265. The molecule has 0 saturated heterocycles. The molecule has 0 unspecified atom stereocenters. The minimum absolute atomic E-state index is 0.0468. The number of phenols is 1. The molecule has 1 heterocycles. The highest BCUT2D eigenvalue weighted by Crippen LogP contribution is 2.23. The fourth-order valence-corrected chi connectivity index (χ4v) is 1.90. The second kappa shape index (κ2) is 4.22. The number of aromatic hydroxyl groups is 1. The van der Waals surface area contributed by atoms with Crippen LogP contribution >= 0.6 is 0 Å². The molecule has 1 aromatic carbocycles. The van der Waals surface area contributed by atoms with Gasteiger partial charge in [0.05, 0.1) is 11.5 Å². The third kappa shape index (κ3) is 2.31. The molecule has 0 spiro atoms. The molecule has 0 amide bonds. The van der Waals surface area contributed by atoms with Crippen LogP contribution in [0.1, 0.15) is 18.2 Å². The Kier molecular flexibility index (Phi) is 2.90. The molecule has 2 N–H and O–H groups in total. The third-order valence-corrected chi connectivity index (χ3v) is 2.62. The first-order valence-electron chi connectivity index (χ1n) is 5.42. The minimum atomic E-state index is -0.562. The molecule has 0 aliphatic heterocycles. The van der Waals surface area contributed by atoms with Crippen molar-refractivity contribution in [3.05, 3.63) is 39.9 Å². The van der Waals surface area contributed by atoms with Crippen LogP contribution in [0.5, 0.6) is 5.75 Å². The Morgan fingerprint density at radius 1 is 1.29 bits per heavy atom. The molecule has 90 valence electrons. The summed E-state index contributed by atoms with van der Waals surface area (Å²) in [5.74, 6) is 0.497. The molecule has 2 rings (SSSR count). The molecule has 0 radical (unpaired) electrons. The van der Waals surface area contributed by atoms with Crippen LogP contribution in [0.4, 0.5) is 0 Å². The molecule has 4 heteroatoms. The van der Waals surface area contributed by atoms with E-state index in [1.165, 1.54) is 6.07 Å². The molecule has 1 aromatic heterocycles. The van der Waals surface area contributed by atoms with Gasteiger partial charge < -0.3 is 14.6 Å². The second-order valence-electron chi connectivity index (χ2n) is 4.28. The van der Waals surface area contributed by atoms with Crippen LogP contribution in [0.25, 0.3) is 10.8 Å². The van der Waals surface area contributed by atoms with E-state index in [0.717, 1.165) is 10.9 Å². The van der Waals surface area contributed by atoms with Crippen molar-refractivity contribution in [1.82, 2.24) is 0 Å². The van der Waals surface area contributed by atoms with Gasteiger partial charge in [0, 0.05) is 6.42 Å². The van der Waals surface area contributed by atoms with Gasteiger partial charge in [0.1, 0.15) is 11.5 Å². The maximum absolute atomic E-state index is 11.7. The topological polar surface area (TPSA) is 70.7 Å². The van der Waals surface area contributed by atoms with E-state index in [1.807, 2.05) is 6.92 Å². The van der Waals surface area contributed by atoms with Gasteiger partial charge in [-0.3, -0.25) is 0 Å². The number of aryl methyl sites for hydroxylation is 1. The highest BCUT2D eigenvalue weighted by molar-refractivity contribution is 5.86. The number of aliphatic hydroxyl groups excluding tert-OH is 1. The van der Waals surface area contributed by atoms with E-state index in [4.69, 9.17) is 4.42 Å². The summed E-state index contributed by atoms with van der Waals surface area (Å²) in [4.78, 5) is 11.7. The van der Waals surface area contributed by atoms with Gasteiger partial charge in [-0.05, 0) is 43.0 Å². The quantitative estimate of drug-likeness (QED) is 0.830. The van der Waals surface area contributed by atoms with E-state index in [2.05, 4.69) is 0 Å². The zero-order valence-electron chi connectivity index (χ0n) is 9.73. The van der Waals surface area contributed by atoms with Crippen molar-refractivity contribution in [2.75, 3.05) is 0 Å². The van der Waals surface area contributed by atoms with Gasteiger partial charge in [-0.1, -0.05) is 0 Å².